The average molecular weight is 333 g/mol. The van der Waals surface area contributed by atoms with Crippen LogP contribution in [0, 0.1) is 0 Å². The zero-order valence-corrected chi connectivity index (χ0v) is 13.5. The van der Waals surface area contributed by atoms with E-state index in [1.807, 2.05) is 30.3 Å². The van der Waals surface area contributed by atoms with E-state index in [9.17, 15) is 9.90 Å². The number of hydrogen-bond acceptors (Lipinski definition) is 5. The van der Waals surface area contributed by atoms with E-state index in [0.29, 0.717) is 6.42 Å². The van der Waals surface area contributed by atoms with Crippen LogP contribution in [0.15, 0.2) is 30.3 Å². The molecule has 1 amide bonds. The normalized spacial score (nSPS) is 33.5. The van der Waals surface area contributed by atoms with Gasteiger partial charge in [0.1, 0.15) is 18.8 Å². The topological polar surface area (TPSA) is 77.0 Å². The number of ether oxygens (including phenoxy) is 3. The minimum atomic E-state index is -0.616. The molecule has 4 atom stereocenters. The Hall–Kier alpha value is -1.63. The first kappa shape index (κ1) is 15.9. The van der Waals surface area contributed by atoms with Crippen molar-refractivity contribution in [1.29, 1.82) is 0 Å². The Morgan fingerprint density at radius 2 is 1.92 bits per heavy atom. The fourth-order valence-electron chi connectivity index (χ4n) is 4.00. The molecule has 1 aromatic carbocycles. The maximum atomic E-state index is 12.1. The summed E-state index contributed by atoms with van der Waals surface area (Å²) in [7, 11) is 0. The number of benzene rings is 1. The lowest BCUT2D eigenvalue weighted by Crippen LogP contribution is -2.43. The van der Waals surface area contributed by atoms with Gasteiger partial charge >= 0.3 is 6.09 Å². The molecule has 1 aromatic rings. The quantitative estimate of drug-likeness (QED) is 0.886. The second-order valence-electron chi connectivity index (χ2n) is 6.90. The van der Waals surface area contributed by atoms with Crippen LogP contribution >= 0.6 is 0 Å². The van der Waals surface area contributed by atoms with Crippen LogP contribution in [-0.2, 0) is 20.8 Å². The van der Waals surface area contributed by atoms with Gasteiger partial charge < -0.3 is 24.6 Å². The molecule has 1 spiro atoms. The number of alkyl carbamates (subject to hydrolysis) is 1. The highest BCUT2D eigenvalue weighted by Gasteiger charge is 2.57. The van der Waals surface area contributed by atoms with E-state index >= 15 is 0 Å². The van der Waals surface area contributed by atoms with Gasteiger partial charge in [0, 0.05) is 12.8 Å². The number of hydrogen-bond donors (Lipinski definition) is 2. The number of nitrogens with one attached hydrogen (secondary N) is 1. The van der Waals surface area contributed by atoms with Gasteiger partial charge in [0.25, 0.3) is 0 Å². The maximum Gasteiger partial charge on any atom is 0.407 e. The Morgan fingerprint density at radius 3 is 2.67 bits per heavy atom. The average Bonchev–Trinajstić information content (AvgIpc) is 3.27. The highest BCUT2D eigenvalue weighted by atomic mass is 16.8. The molecule has 2 aliphatic carbocycles. The number of aliphatic hydroxyl groups is 1. The lowest BCUT2D eigenvalue weighted by atomic mass is 10.2. The molecule has 6 heteroatoms. The molecule has 1 aliphatic heterocycles. The monoisotopic (exact) mass is 333 g/mol. The Kier molecular flexibility index (Phi) is 4.20. The second-order valence-corrected chi connectivity index (χ2v) is 6.90. The van der Waals surface area contributed by atoms with E-state index in [4.69, 9.17) is 14.2 Å². The third-order valence-electron chi connectivity index (χ3n) is 5.18. The predicted octanol–water partition coefficient (Wildman–Crippen LogP) is 2.10. The van der Waals surface area contributed by atoms with Gasteiger partial charge in [0.05, 0.1) is 12.1 Å². The first-order valence-corrected chi connectivity index (χ1v) is 8.66. The summed E-state index contributed by atoms with van der Waals surface area (Å²) in [4.78, 5) is 12.1. The van der Waals surface area contributed by atoms with Gasteiger partial charge in [0.2, 0.25) is 0 Å². The van der Waals surface area contributed by atoms with E-state index in [-0.39, 0.29) is 24.9 Å². The smallest absolute Gasteiger partial charge is 0.407 e. The third kappa shape index (κ3) is 3.01. The van der Waals surface area contributed by atoms with E-state index in [2.05, 4.69) is 5.32 Å². The van der Waals surface area contributed by atoms with Crippen molar-refractivity contribution in [3.05, 3.63) is 35.9 Å². The fourth-order valence-corrected chi connectivity index (χ4v) is 4.00. The Labute approximate surface area is 141 Å². The molecule has 3 aliphatic rings. The van der Waals surface area contributed by atoms with Crippen molar-refractivity contribution in [3.8, 4) is 0 Å². The van der Waals surface area contributed by atoms with Crippen LogP contribution < -0.4 is 5.32 Å². The van der Waals surface area contributed by atoms with Crippen molar-refractivity contribution < 1.29 is 24.1 Å². The third-order valence-corrected chi connectivity index (χ3v) is 5.18. The molecular weight excluding hydrogens is 310 g/mol. The Bertz CT molecular complexity index is 586. The summed E-state index contributed by atoms with van der Waals surface area (Å²) >= 11 is 0. The minimum Gasteiger partial charge on any atom is -0.445 e. The standard InChI is InChI=1S/C18H23NO5/c20-14-10-13(15-16(14)24-18(23-15)8-4-5-9-18)19-17(21)22-11-12-6-2-1-3-7-12/h1-3,6-7,13-16,20H,4-5,8-11H2,(H,19,21)/t13-,14+,15+,16-/m1/s1. The van der Waals surface area contributed by atoms with Crippen molar-refractivity contribution in [2.75, 3.05) is 0 Å². The van der Waals surface area contributed by atoms with Gasteiger partial charge in [-0.15, -0.1) is 0 Å². The van der Waals surface area contributed by atoms with Crippen LogP contribution in [-0.4, -0.2) is 41.3 Å². The SMILES string of the molecule is O=C(N[C@@H]1C[C@H](O)[C@H]2OC3(CCCC3)O[C@H]21)OCc1ccccc1. The van der Waals surface area contributed by atoms with Gasteiger partial charge in [-0.05, 0) is 24.8 Å². The molecule has 2 N–H and O–H groups in total. The molecule has 0 unspecified atom stereocenters. The lowest BCUT2D eigenvalue weighted by Gasteiger charge is -2.26. The number of carbonyl (C=O) groups is 1. The van der Waals surface area contributed by atoms with Crippen LogP contribution in [0.2, 0.25) is 0 Å². The van der Waals surface area contributed by atoms with Crippen molar-refractivity contribution in [2.24, 2.45) is 0 Å². The molecule has 24 heavy (non-hydrogen) atoms. The molecule has 0 radical (unpaired) electrons. The second kappa shape index (κ2) is 6.35. The Balaban J connectivity index is 1.34. The number of amides is 1. The molecule has 1 saturated heterocycles. The summed E-state index contributed by atoms with van der Waals surface area (Å²) in [6.07, 6.45) is 2.52. The van der Waals surface area contributed by atoms with E-state index in [1.54, 1.807) is 0 Å². The highest BCUT2D eigenvalue weighted by Crippen LogP contribution is 2.46. The van der Waals surface area contributed by atoms with Crippen molar-refractivity contribution in [1.82, 2.24) is 5.32 Å². The van der Waals surface area contributed by atoms with Crippen molar-refractivity contribution >= 4 is 6.09 Å². The molecule has 0 bridgehead atoms. The zero-order chi connectivity index (χ0) is 16.6. The molecule has 130 valence electrons. The first-order chi connectivity index (χ1) is 11.7. The van der Waals surface area contributed by atoms with Crippen LogP contribution in [0.1, 0.15) is 37.7 Å². The molecule has 2 saturated carbocycles. The number of carbonyl (C=O) groups excluding carboxylic acids is 1. The van der Waals surface area contributed by atoms with E-state index in [1.165, 1.54) is 0 Å². The molecular formula is C18H23NO5. The molecule has 6 nitrogen and oxygen atoms in total. The van der Waals surface area contributed by atoms with Gasteiger partial charge in [0.15, 0.2) is 5.79 Å². The van der Waals surface area contributed by atoms with Crippen LogP contribution in [0.3, 0.4) is 0 Å². The molecule has 1 heterocycles. The lowest BCUT2D eigenvalue weighted by molar-refractivity contribution is -0.184. The minimum absolute atomic E-state index is 0.220. The maximum absolute atomic E-state index is 12.1. The summed E-state index contributed by atoms with van der Waals surface area (Å²) in [5, 5.41) is 13.1. The van der Waals surface area contributed by atoms with Crippen molar-refractivity contribution in [2.45, 2.75) is 68.9 Å². The van der Waals surface area contributed by atoms with Gasteiger partial charge in [-0.1, -0.05) is 30.3 Å². The largest absolute Gasteiger partial charge is 0.445 e. The number of fused-ring (bicyclic) bond motifs is 1. The van der Waals surface area contributed by atoms with Crippen molar-refractivity contribution in [3.63, 3.8) is 0 Å². The van der Waals surface area contributed by atoms with Crippen LogP contribution in [0.4, 0.5) is 4.79 Å². The van der Waals surface area contributed by atoms with Gasteiger partial charge in [-0.2, -0.15) is 0 Å². The summed E-state index contributed by atoms with van der Waals surface area (Å²) in [6, 6.07) is 9.24. The summed E-state index contributed by atoms with van der Waals surface area (Å²) in [5.74, 6) is -0.551. The number of rotatable bonds is 3. The first-order valence-electron chi connectivity index (χ1n) is 8.66. The molecule has 3 fully saturated rings. The van der Waals surface area contributed by atoms with E-state index < -0.39 is 18.0 Å². The van der Waals surface area contributed by atoms with E-state index in [0.717, 1.165) is 31.2 Å². The van der Waals surface area contributed by atoms with Crippen LogP contribution in [0.5, 0.6) is 0 Å². The molecule has 0 aromatic heterocycles. The summed E-state index contributed by atoms with van der Waals surface area (Å²) in [6.45, 7) is 0.220. The highest BCUT2D eigenvalue weighted by molar-refractivity contribution is 5.67. The number of aliphatic hydroxyl groups excluding tert-OH is 1. The fraction of sp³-hybridized carbons (Fsp3) is 0.611. The molecule has 4 rings (SSSR count). The predicted molar refractivity (Wildman–Crippen MR) is 85.1 cm³/mol. The van der Waals surface area contributed by atoms with Crippen LogP contribution in [0.25, 0.3) is 0 Å². The Morgan fingerprint density at radius 1 is 1.21 bits per heavy atom. The summed E-state index contributed by atoms with van der Waals surface area (Å²) in [5.41, 5.74) is 0.933. The summed E-state index contributed by atoms with van der Waals surface area (Å²) < 4.78 is 17.4. The zero-order valence-electron chi connectivity index (χ0n) is 13.5. The van der Waals surface area contributed by atoms with Gasteiger partial charge in [-0.25, -0.2) is 4.79 Å². The van der Waals surface area contributed by atoms with Gasteiger partial charge in [-0.3, -0.25) is 0 Å².